The molecule has 3 aliphatic rings. The predicted octanol–water partition coefficient (Wildman–Crippen LogP) is 6.82. The number of aliphatic imine (C=N–C) groups is 2. The van der Waals surface area contributed by atoms with E-state index in [0.717, 1.165) is 56.7 Å². The lowest BCUT2D eigenvalue weighted by Crippen LogP contribution is -2.25. The van der Waals surface area contributed by atoms with Gasteiger partial charge in [0, 0.05) is 36.8 Å². The highest BCUT2D eigenvalue weighted by Crippen LogP contribution is 2.35. The third-order valence-electron chi connectivity index (χ3n) is 8.33. The molecular weight excluding hydrogens is 430 g/mol. The van der Waals surface area contributed by atoms with Crippen LogP contribution in [0.1, 0.15) is 90.9 Å². The molecule has 2 saturated heterocycles. The monoisotopic (exact) mass is 479 g/mol. The van der Waals surface area contributed by atoms with Crippen molar-refractivity contribution in [1.82, 2.24) is 9.80 Å². The molecule has 2 aliphatic heterocycles. The summed E-state index contributed by atoms with van der Waals surface area (Å²) in [7, 11) is 2.24. The second-order valence-corrected chi connectivity index (χ2v) is 10.8. The molecule has 3 rings (SSSR count). The molecule has 3 fully saturated rings. The molecule has 0 bridgehead atoms. The number of allylic oxidation sites excluding steroid dienone is 3. The normalized spacial score (nSPS) is 25.2. The fourth-order valence-corrected chi connectivity index (χ4v) is 6.11. The second-order valence-electron chi connectivity index (χ2n) is 10.8. The lowest BCUT2D eigenvalue weighted by molar-refractivity contribution is 0.299. The largest absolute Gasteiger partial charge is 0.357 e. The van der Waals surface area contributed by atoms with Crippen molar-refractivity contribution < 1.29 is 0 Å². The Balaban J connectivity index is 1.80. The SMILES string of the molecule is C=N/C(=C\C(CCC1CCCN1C)=NCC(=N)/C(CCC)=C(\C)[C@H]1CCCCC1=C)N1CCCC1. The Labute approximate surface area is 214 Å². The van der Waals surface area contributed by atoms with Crippen LogP contribution in [0.2, 0.25) is 0 Å². The van der Waals surface area contributed by atoms with E-state index < -0.39 is 0 Å². The second kappa shape index (κ2) is 13.9. The van der Waals surface area contributed by atoms with Crippen molar-refractivity contribution >= 4 is 18.1 Å². The Morgan fingerprint density at radius 3 is 2.49 bits per heavy atom. The summed E-state index contributed by atoms with van der Waals surface area (Å²) in [5.41, 5.74) is 5.69. The molecule has 194 valence electrons. The highest BCUT2D eigenvalue weighted by molar-refractivity contribution is 6.03. The molecule has 0 radical (unpaired) electrons. The molecule has 1 N–H and O–H groups in total. The minimum absolute atomic E-state index is 0.443. The average molecular weight is 480 g/mol. The standard InChI is InChI=1S/C30H49N5/c1-6-12-28(24(3)27-15-8-7-13-23(27)2)29(31)22-33-25(16-17-26-14-11-18-34(26)5)21-30(32-4)35-19-9-10-20-35/h21,26-27,31H,2,4,6-20,22H2,1,3,5H3/b28-24+,30-21+,31-29?,33-25?/t26?,27-/m0/s1. The van der Waals surface area contributed by atoms with Crippen LogP contribution >= 0.6 is 0 Å². The maximum atomic E-state index is 9.01. The lowest BCUT2D eigenvalue weighted by Gasteiger charge is -2.28. The van der Waals surface area contributed by atoms with Crippen molar-refractivity contribution in [3.8, 4) is 0 Å². The summed E-state index contributed by atoms with van der Waals surface area (Å²) in [4.78, 5) is 14.2. The molecule has 2 heterocycles. The van der Waals surface area contributed by atoms with Crippen molar-refractivity contribution in [1.29, 1.82) is 5.41 Å². The number of hydrogen-bond acceptors (Lipinski definition) is 5. The zero-order valence-corrected chi connectivity index (χ0v) is 22.7. The van der Waals surface area contributed by atoms with Gasteiger partial charge in [-0.2, -0.15) is 0 Å². The summed E-state index contributed by atoms with van der Waals surface area (Å²) >= 11 is 0. The molecule has 2 atom stereocenters. The van der Waals surface area contributed by atoms with Crippen molar-refractivity contribution in [2.45, 2.75) is 96.9 Å². The number of rotatable bonds is 12. The first-order chi connectivity index (χ1) is 16.9. The van der Waals surface area contributed by atoms with Crippen LogP contribution in [0.4, 0.5) is 0 Å². The molecular formula is C30H49N5. The van der Waals surface area contributed by atoms with E-state index in [1.807, 2.05) is 0 Å². The summed E-state index contributed by atoms with van der Waals surface area (Å²) in [5.74, 6) is 1.39. The van der Waals surface area contributed by atoms with Gasteiger partial charge in [0.25, 0.3) is 0 Å². The Morgan fingerprint density at radius 2 is 1.86 bits per heavy atom. The van der Waals surface area contributed by atoms with Crippen LogP contribution in [-0.2, 0) is 0 Å². The Kier molecular flexibility index (Phi) is 11.0. The van der Waals surface area contributed by atoms with Crippen molar-refractivity contribution in [2.75, 3.05) is 33.2 Å². The molecule has 1 saturated carbocycles. The van der Waals surface area contributed by atoms with Gasteiger partial charge >= 0.3 is 0 Å². The number of hydrogen-bond donors (Lipinski definition) is 1. The minimum Gasteiger partial charge on any atom is -0.357 e. The first-order valence-corrected chi connectivity index (χ1v) is 14.1. The van der Waals surface area contributed by atoms with Crippen molar-refractivity contribution in [3.63, 3.8) is 0 Å². The van der Waals surface area contributed by atoms with Crippen LogP contribution in [0.15, 0.2) is 45.2 Å². The van der Waals surface area contributed by atoms with E-state index in [-0.39, 0.29) is 0 Å². The van der Waals surface area contributed by atoms with Crippen LogP contribution in [0.5, 0.6) is 0 Å². The molecule has 5 heteroatoms. The van der Waals surface area contributed by atoms with E-state index in [9.17, 15) is 0 Å². The topological polar surface area (TPSA) is 55.1 Å². The molecule has 0 spiro atoms. The first-order valence-electron chi connectivity index (χ1n) is 14.1. The van der Waals surface area contributed by atoms with Crippen LogP contribution in [0.25, 0.3) is 0 Å². The fourth-order valence-electron chi connectivity index (χ4n) is 6.11. The van der Waals surface area contributed by atoms with Gasteiger partial charge in [0.2, 0.25) is 0 Å². The van der Waals surface area contributed by atoms with Gasteiger partial charge < -0.3 is 15.2 Å². The van der Waals surface area contributed by atoms with Gasteiger partial charge in [-0.3, -0.25) is 4.99 Å². The lowest BCUT2D eigenvalue weighted by atomic mass is 9.78. The smallest absolute Gasteiger partial charge is 0.129 e. The van der Waals surface area contributed by atoms with E-state index in [1.54, 1.807) is 0 Å². The van der Waals surface area contributed by atoms with Gasteiger partial charge in [0.05, 0.1) is 12.3 Å². The van der Waals surface area contributed by atoms with Crippen LogP contribution in [-0.4, -0.2) is 67.2 Å². The highest BCUT2D eigenvalue weighted by Gasteiger charge is 2.23. The summed E-state index contributed by atoms with van der Waals surface area (Å²) in [6.07, 6.45) is 16.0. The molecule has 0 aromatic carbocycles. The Bertz CT molecular complexity index is 843. The summed E-state index contributed by atoms with van der Waals surface area (Å²) in [5, 5.41) is 9.01. The minimum atomic E-state index is 0.443. The van der Waals surface area contributed by atoms with Crippen LogP contribution in [0.3, 0.4) is 0 Å². The predicted molar refractivity (Wildman–Crippen MR) is 152 cm³/mol. The molecule has 0 aromatic heterocycles. The zero-order chi connectivity index (χ0) is 25.2. The summed E-state index contributed by atoms with van der Waals surface area (Å²) in [6.45, 7) is 16.4. The van der Waals surface area contributed by atoms with Crippen molar-refractivity contribution in [2.24, 2.45) is 15.9 Å². The molecule has 1 unspecified atom stereocenters. The number of likely N-dealkylation sites (tertiary alicyclic amines) is 2. The van der Waals surface area contributed by atoms with E-state index in [2.05, 4.69) is 55.1 Å². The third-order valence-corrected chi connectivity index (χ3v) is 8.33. The molecule has 35 heavy (non-hydrogen) atoms. The molecule has 5 nitrogen and oxygen atoms in total. The molecule has 1 aliphatic carbocycles. The Hall–Kier alpha value is -2.01. The highest BCUT2D eigenvalue weighted by atomic mass is 15.2. The average Bonchev–Trinajstić information content (AvgIpc) is 3.54. The fraction of sp³-hybridized carbons (Fsp3) is 0.700. The van der Waals surface area contributed by atoms with Crippen molar-refractivity contribution in [3.05, 3.63) is 35.2 Å². The van der Waals surface area contributed by atoms with Gasteiger partial charge in [0.1, 0.15) is 5.82 Å². The summed E-state index contributed by atoms with van der Waals surface area (Å²) in [6, 6.07) is 0.634. The maximum Gasteiger partial charge on any atom is 0.129 e. The third kappa shape index (κ3) is 7.73. The van der Waals surface area contributed by atoms with Gasteiger partial charge in [0.15, 0.2) is 0 Å². The van der Waals surface area contributed by atoms with Gasteiger partial charge in [-0.05, 0) is 97.0 Å². The van der Waals surface area contributed by atoms with E-state index in [1.165, 1.54) is 68.2 Å². The number of nitrogens with one attached hydrogen (secondary N) is 1. The summed E-state index contributed by atoms with van der Waals surface area (Å²) < 4.78 is 0. The van der Waals surface area contributed by atoms with E-state index in [0.29, 0.717) is 24.2 Å². The van der Waals surface area contributed by atoms with E-state index >= 15 is 0 Å². The molecule has 0 amide bonds. The van der Waals surface area contributed by atoms with Gasteiger partial charge in [-0.15, -0.1) is 0 Å². The number of nitrogens with zero attached hydrogens (tertiary/aromatic N) is 4. The van der Waals surface area contributed by atoms with Crippen LogP contribution < -0.4 is 0 Å². The van der Waals surface area contributed by atoms with E-state index in [4.69, 9.17) is 10.4 Å². The first kappa shape index (κ1) is 27.6. The Morgan fingerprint density at radius 1 is 1.09 bits per heavy atom. The van der Waals surface area contributed by atoms with Gasteiger partial charge in [-0.25, -0.2) is 4.99 Å². The molecule has 0 aromatic rings. The van der Waals surface area contributed by atoms with Crippen LogP contribution in [0, 0.1) is 11.3 Å². The van der Waals surface area contributed by atoms with Gasteiger partial charge in [-0.1, -0.05) is 37.5 Å². The maximum absolute atomic E-state index is 9.01. The quantitative estimate of drug-likeness (QED) is 0.246. The zero-order valence-electron chi connectivity index (χ0n) is 22.7.